The molecule has 7 heteroatoms. The van der Waals surface area contributed by atoms with E-state index in [1.54, 1.807) is 4.68 Å². The van der Waals surface area contributed by atoms with Crippen LogP contribution in [0.2, 0.25) is 0 Å². The number of rotatable bonds is 5. The Balaban J connectivity index is 2.57. The van der Waals surface area contributed by atoms with Gasteiger partial charge in [0, 0.05) is 12.1 Å². The molecule has 1 unspecified atom stereocenters. The molecule has 0 amide bonds. The van der Waals surface area contributed by atoms with Gasteiger partial charge in [0.15, 0.2) is 5.75 Å². The van der Waals surface area contributed by atoms with E-state index in [0.29, 0.717) is 18.0 Å². The number of hydrazine groups is 1. The van der Waals surface area contributed by atoms with Gasteiger partial charge in [0.1, 0.15) is 17.3 Å². The standard InChI is InChI=1S/C13H16F2N4O/c1-3-19-13(11(20-2)7-17-19)12(18-16)9-6-8(14)4-5-10(9)15/h4-7,12,18H,3,16H2,1-2H3. The van der Waals surface area contributed by atoms with E-state index < -0.39 is 17.7 Å². The van der Waals surface area contributed by atoms with Crippen LogP contribution < -0.4 is 16.0 Å². The normalized spacial score (nSPS) is 12.4. The summed E-state index contributed by atoms with van der Waals surface area (Å²) in [5, 5.41) is 4.13. The maximum Gasteiger partial charge on any atom is 0.161 e. The molecule has 20 heavy (non-hydrogen) atoms. The summed E-state index contributed by atoms with van der Waals surface area (Å²) in [6.45, 7) is 2.43. The number of hydrogen-bond donors (Lipinski definition) is 2. The number of nitrogens with one attached hydrogen (secondary N) is 1. The molecular weight excluding hydrogens is 266 g/mol. The molecule has 0 saturated carbocycles. The third kappa shape index (κ3) is 2.50. The van der Waals surface area contributed by atoms with Gasteiger partial charge in [-0.25, -0.2) is 14.2 Å². The topological polar surface area (TPSA) is 65.1 Å². The fourth-order valence-corrected chi connectivity index (χ4v) is 2.13. The molecule has 3 N–H and O–H groups in total. The number of ether oxygens (including phenoxy) is 1. The smallest absolute Gasteiger partial charge is 0.161 e. The van der Waals surface area contributed by atoms with Crippen molar-refractivity contribution in [3.8, 4) is 5.75 Å². The summed E-state index contributed by atoms with van der Waals surface area (Å²) in [6, 6.07) is 2.46. The van der Waals surface area contributed by atoms with Gasteiger partial charge in [-0.2, -0.15) is 5.10 Å². The van der Waals surface area contributed by atoms with Gasteiger partial charge in [-0.3, -0.25) is 10.5 Å². The zero-order valence-electron chi connectivity index (χ0n) is 11.2. The molecule has 0 radical (unpaired) electrons. The third-order valence-electron chi connectivity index (χ3n) is 3.07. The predicted molar refractivity (Wildman–Crippen MR) is 70.0 cm³/mol. The van der Waals surface area contributed by atoms with Crippen LogP contribution in [-0.4, -0.2) is 16.9 Å². The molecule has 0 fully saturated rings. The molecule has 1 heterocycles. The highest BCUT2D eigenvalue weighted by molar-refractivity contribution is 5.37. The first-order valence-electron chi connectivity index (χ1n) is 6.13. The first kappa shape index (κ1) is 14.4. The van der Waals surface area contributed by atoms with Crippen LogP contribution in [0, 0.1) is 11.6 Å². The van der Waals surface area contributed by atoms with Crippen molar-refractivity contribution in [3.05, 3.63) is 47.3 Å². The van der Waals surface area contributed by atoms with E-state index in [-0.39, 0.29) is 5.56 Å². The van der Waals surface area contributed by atoms with Crippen LogP contribution in [0.15, 0.2) is 24.4 Å². The molecule has 0 aliphatic rings. The van der Waals surface area contributed by atoms with Gasteiger partial charge in [-0.1, -0.05) is 0 Å². The van der Waals surface area contributed by atoms with E-state index >= 15 is 0 Å². The number of aromatic nitrogens is 2. The highest BCUT2D eigenvalue weighted by Gasteiger charge is 2.25. The van der Waals surface area contributed by atoms with Gasteiger partial charge in [-0.15, -0.1) is 0 Å². The average Bonchev–Trinajstić information content (AvgIpc) is 2.86. The van der Waals surface area contributed by atoms with Crippen molar-refractivity contribution in [2.75, 3.05) is 7.11 Å². The summed E-state index contributed by atoms with van der Waals surface area (Å²) in [5.41, 5.74) is 3.13. The Labute approximate surface area is 115 Å². The Kier molecular flexibility index (Phi) is 4.31. The molecule has 0 saturated heterocycles. The summed E-state index contributed by atoms with van der Waals surface area (Å²) in [7, 11) is 1.48. The molecule has 1 aromatic carbocycles. The lowest BCUT2D eigenvalue weighted by atomic mass is 10.0. The third-order valence-corrected chi connectivity index (χ3v) is 3.07. The first-order chi connectivity index (χ1) is 9.62. The molecule has 0 spiro atoms. The lowest BCUT2D eigenvalue weighted by molar-refractivity contribution is 0.397. The van der Waals surface area contributed by atoms with E-state index in [1.165, 1.54) is 13.3 Å². The number of nitrogens with two attached hydrogens (primary N) is 1. The van der Waals surface area contributed by atoms with Gasteiger partial charge >= 0.3 is 0 Å². The summed E-state index contributed by atoms with van der Waals surface area (Å²) in [4.78, 5) is 0. The van der Waals surface area contributed by atoms with Crippen molar-refractivity contribution in [2.24, 2.45) is 5.84 Å². The SMILES string of the molecule is CCn1ncc(OC)c1C(NN)c1cc(F)ccc1F. The molecule has 0 aliphatic carbocycles. The van der Waals surface area contributed by atoms with Gasteiger partial charge in [0.25, 0.3) is 0 Å². The molecular formula is C13H16F2N4O. The van der Waals surface area contributed by atoms with E-state index in [1.807, 2.05) is 6.92 Å². The van der Waals surface area contributed by atoms with Crippen molar-refractivity contribution in [1.29, 1.82) is 0 Å². The van der Waals surface area contributed by atoms with E-state index in [4.69, 9.17) is 10.6 Å². The Morgan fingerprint density at radius 1 is 1.45 bits per heavy atom. The number of benzene rings is 1. The lowest BCUT2D eigenvalue weighted by Gasteiger charge is -2.19. The quantitative estimate of drug-likeness (QED) is 0.647. The van der Waals surface area contributed by atoms with Crippen LogP contribution in [0.5, 0.6) is 5.75 Å². The minimum atomic E-state index is -0.761. The molecule has 1 atom stereocenters. The summed E-state index contributed by atoms with van der Waals surface area (Å²) < 4.78 is 34.1. The van der Waals surface area contributed by atoms with Crippen molar-refractivity contribution >= 4 is 0 Å². The molecule has 108 valence electrons. The Bertz CT molecular complexity index is 579. The first-order valence-corrected chi connectivity index (χ1v) is 6.13. The summed E-state index contributed by atoms with van der Waals surface area (Å²) in [6.07, 6.45) is 1.51. The molecule has 5 nitrogen and oxygen atoms in total. The number of aryl methyl sites for hydroxylation is 1. The van der Waals surface area contributed by atoms with Crippen molar-refractivity contribution in [3.63, 3.8) is 0 Å². The number of hydrogen-bond acceptors (Lipinski definition) is 4. The Morgan fingerprint density at radius 2 is 2.20 bits per heavy atom. The Morgan fingerprint density at radius 3 is 2.80 bits per heavy atom. The number of nitrogens with zero attached hydrogens (tertiary/aromatic N) is 2. The number of halogens is 2. The summed E-state index contributed by atoms with van der Waals surface area (Å²) >= 11 is 0. The second-order valence-corrected chi connectivity index (χ2v) is 4.18. The molecule has 1 aromatic heterocycles. The highest BCUT2D eigenvalue weighted by Crippen LogP contribution is 2.31. The maximum absolute atomic E-state index is 13.9. The molecule has 2 aromatic rings. The monoisotopic (exact) mass is 282 g/mol. The predicted octanol–water partition coefficient (Wildman–Crippen LogP) is 1.74. The fourth-order valence-electron chi connectivity index (χ4n) is 2.13. The van der Waals surface area contributed by atoms with Gasteiger partial charge in [-0.05, 0) is 25.1 Å². The van der Waals surface area contributed by atoms with Crippen LogP contribution in [-0.2, 0) is 6.54 Å². The van der Waals surface area contributed by atoms with Crippen molar-refractivity contribution in [1.82, 2.24) is 15.2 Å². The van der Waals surface area contributed by atoms with Gasteiger partial charge < -0.3 is 4.74 Å². The van der Waals surface area contributed by atoms with Crippen LogP contribution >= 0.6 is 0 Å². The van der Waals surface area contributed by atoms with Crippen LogP contribution in [0.4, 0.5) is 8.78 Å². The van der Waals surface area contributed by atoms with Crippen LogP contribution in [0.25, 0.3) is 0 Å². The van der Waals surface area contributed by atoms with Crippen LogP contribution in [0.3, 0.4) is 0 Å². The highest BCUT2D eigenvalue weighted by atomic mass is 19.1. The molecule has 0 aliphatic heterocycles. The zero-order valence-corrected chi connectivity index (χ0v) is 11.2. The molecule has 0 bridgehead atoms. The Hall–Kier alpha value is -1.99. The minimum Gasteiger partial charge on any atom is -0.493 e. The van der Waals surface area contributed by atoms with E-state index in [9.17, 15) is 8.78 Å². The lowest BCUT2D eigenvalue weighted by Crippen LogP contribution is -2.31. The number of methoxy groups -OCH3 is 1. The largest absolute Gasteiger partial charge is 0.493 e. The van der Waals surface area contributed by atoms with Crippen molar-refractivity contribution in [2.45, 2.75) is 19.5 Å². The van der Waals surface area contributed by atoms with Gasteiger partial charge in [0.2, 0.25) is 0 Å². The fraction of sp³-hybridized carbons (Fsp3) is 0.308. The van der Waals surface area contributed by atoms with Crippen molar-refractivity contribution < 1.29 is 13.5 Å². The maximum atomic E-state index is 13.9. The average molecular weight is 282 g/mol. The second-order valence-electron chi connectivity index (χ2n) is 4.18. The van der Waals surface area contributed by atoms with Gasteiger partial charge in [0.05, 0.1) is 19.3 Å². The minimum absolute atomic E-state index is 0.0981. The molecule has 2 rings (SSSR count). The second kappa shape index (κ2) is 5.98. The summed E-state index contributed by atoms with van der Waals surface area (Å²) in [5.74, 6) is 4.89. The van der Waals surface area contributed by atoms with E-state index in [0.717, 1.165) is 18.2 Å². The van der Waals surface area contributed by atoms with Crippen LogP contribution in [0.1, 0.15) is 24.2 Å². The van der Waals surface area contributed by atoms with E-state index in [2.05, 4.69) is 10.5 Å². The zero-order chi connectivity index (χ0) is 14.7.